The van der Waals surface area contributed by atoms with Crippen LogP contribution in [0.1, 0.15) is 36.1 Å². The molecular weight excluding hydrogens is 316 g/mol. The van der Waals surface area contributed by atoms with Gasteiger partial charge in [-0.1, -0.05) is 11.8 Å². The van der Waals surface area contributed by atoms with E-state index in [-0.39, 0.29) is 11.7 Å². The monoisotopic (exact) mass is 336 g/mol. The second-order valence-electron chi connectivity index (χ2n) is 6.04. The third kappa shape index (κ3) is 2.41. The van der Waals surface area contributed by atoms with E-state index >= 15 is 0 Å². The Balaban J connectivity index is 1.86. The molecule has 22 heavy (non-hydrogen) atoms. The number of hydrogen-bond donors (Lipinski definition) is 0. The van der Waals surface area contributed by atoms with E-state index in [0.717, 1.165) is 47.7 Å². The smallest absolute Gasteiger partial charge is 0.263 e. The number of nitrogens with zero attached hydrogens (tertiary/aromatic N) is 2. The van der Waals surface area contributed by atoms with Crippen molar-refractivity contribution in [2.75, 3.05) is 12.9 Å². The highest BCUT2D eigenvalue weighted by atomic mass is 32.2. The fraction of sp³-hybridized carbons (Fsp3) is 0.625. The zero-order valence-corrected chi connectivity index (χ0v) is 14.4. The number of aryl methyl sites for hydroxylation is 2. The highest BCUT2D eigenvalue weighted by Gasteiger charge is 2.24. The van der Waals surface area contributed by atoms with Crippen molar-refractivity contribution in [3.8, 4) is 0 Å². The summed E-state index contributed by atoms with van der Waals surface area (Å²) < 4.78 is 7.58. The first-order valence-corrected chi connectivity index (χ1v) is 10.0. The molecule has 4 nitrogen and oxygen atoms in total. The summed E-state index contributed by atoms with van der Waals surface area (Å²) in [5.41, 5.74) is 1.42. The van der Waals surface area contributed by atoms with Gasteiger partial charge in [0, 0.05) is 11.5 Å². The number of ether oxygens (including phenoxy) is 1. The van der Waals surface area contributed by atoms with Gasteiger partial charge in [-0.05, 0) is 50.3 Å². The lowest BCUT2D eigenvalue weighted by molar-refractivity contribution is 0.0937. The van der Waals surface area contributed by atoms with Gasteiger partial charge >= 0.3 is 0 Å². The Bertz CT molecular complexity index is 760. The maximum Gasteiger partial charge on any atom is 0.263 e. The average Bonchev–Trinajstić information content (AvgIpc) is 3.16. The van der Waals surface area contributed by atoms with E-state index in [9.17, 15) is 4.79 Å². The van der Waals surface area contributed by atoms with Gasteiger partial charge in [0.05, 0.1) is 18.0 Å². The van der Waals surface area contributed by atoms with E-state index in [1.165, 1.54) is 23.3 Å². The van der Waals surface area contributed by atoms with Gasteiger partial charge in [-0.3, -0.25) is 9.36 Å². The second-order valence-corrected chi connectivity index (χ2v) is 7.90. The molecule has 2 aromatic heterocycles. The second kappa shape index (κ2) is 5.98. The number of fused-ring (bicyclic) bond motifs is 3. The predicted octanol–water partition coefficient (Wildman–Crippen LogP) is 3.24. The largest absolute Gasteiger partial charge is 0.376 e. The summed E-state index contributed by atoms with van der Waals surface area (Å²) >= 11 is 3.28. The molecular formula is C16H20N2O2S2. The van der Waals surface area contributed by atoms with Gasteiger partial charge in [0.15, 0.2) is 5.16 Å². The molecule has 0 aromatic carbocycles. The molecule has 4 rings (SSSR count). The highest BCUT2D eigenvalue weighted by molar-refractivity contribution is 7.98. The number of thiophene rings is 1. The van der Waals surface area contributed by atoms with E-state index in [4.69, 9.17) is 9.72 Å². The Morgan fingerprint density at radius 1 is 1.36 bits per heavy atom. The van der Waals surface area contributed by atoms with Crippen LogP contribution in [0.5, 0.6) is 0 Å². The molecule has 1 aliphatic heterocycles. The summed E-state index contributed by atoms with van der Waals surface area (Å²) in [5.74, 6) is 0. The van der Waals surface area contributed by atoms with E-state index < -0.39 is 0 Å². The molecule has 0 unspecified atom stereocenters. The SMILES string of the molecule is CSc1nc2sc3c(c2c(=O)n1C[C@H]1CCCO1)CCCC3. The van der Waals surface area contributed by atoms with Crippen molar-refractivity contribution >= 4 is 33.3 Å². The fourth-order valence-corrected chi connectivity index (χ4v) is 5.40. The van der Waals surface area contributed by atoms with Crippen LogP contribution in [0.2, 0.25) is 0 Å². The Kier molecular flexibility index (Phi) is 4.00. The molecule has 0 bridgehead atoms. The summed E-state index contributed by atoms with van der Waals surface area (Å²) in [5, 5.41) is 1.71. The first kappa shape index (κ1) is 14.7. The van der Waals surface area contributed by atoms with Gasteiger partial charge in [-0.2, -0.15) is 0 Å². The quantitative estimate of drug-likeness (QED) is 0.637. The summed E-state index contributed by atoms with van der Waals surface area (Å²) in [7, 11) is 0. The highest BCUT2D eigenvalue weighted by Crippen LogP contribution is 2.34. The average molecular weight is 336 g/mol. The van der Waals surface area contributed by atoms with Crippen LogP contribution < -0.4 is 5.56 Å². The van der Waals surface area contributed by atoms with E-state index in [1.807, 2.05) is 10.8 Å². The topological polar surface area (TPSA) is 44.1 Å². The summed E-state index contributed by atoms with van der Waals surface area (Å²) in [6, 6.07) is 0. The molecule has 1 aliphatic carbocycles. The van der Waals surface area contributed by atoms with Crippen LogP contribution in [-0.2, 0) is 24.1 Å². The lowest BCUT2D eigenvalue weighted by atomic mass is 9.97. The Morgan fingerprint density at radius 3 is 3.00 bits per heavy atom. The summed E-state index contributed by atoms with van der Waals surface area (Å²) in [6.45, 7) is 1.46. The van der Waals surface area contributed by atoms with Crippen LogP contribution in [0.25, 0.3) is 10.2 Å². The van der Waals surface area contributed by atoms with Gasteiger partial charge in [0.2, 0.25) is 0 Å². The molecule has 1 saturated heterocycles. The molecule has 0 radical (unpaired) electrons. The minimum atomic E-state index is 0.143. The van der Waals surface area contributed by atoms with E-state index in [2.05, 4.69) is 0 Å². The van der Waals surface area contributed by atoms with Gasteiger partial charge < -0.3 is 4.74 Å². The maximum absolute atomic E-state index is 13.1. The first-order chi connectivity index (χ1) is 10.8. The van der Waals surface area contributed by atoms with Crippen molar-refractivity contribution in [2.45, 2.75) is 56.3 Å². The molecule has 0 N–H and O–H groups in total. The molecule has 0 amide bonds. The van der Waals surface area contributed by atoms with Gasteiger partial charge in [0.25, 0.3) is 5.56 Å². The van der Waals surface area contributed by atoms with Crippen LogP contribution in [0.3, 0.4) is 0 Å². The zero-order chi connectivity index (χ0) is 15.1. The maximum atomic E-state index is 13.1. The lowest BCUT2D eigenvalue weighted by Crippen LogP contribution is -2.29. The predicted molar refractivity (Wildman–Crippen MR) is 91.3 cm³/mol. The van der Waals surface area contributed by atoms with Crippen LogP contribution >= 0.6 is 23.1 Å². The molecule has 2 aromatic rings. The van der Waals surface area contributed by atoms with E-state index in [1.54, 1.807) is 23.1 Å². The van der Waals surface area contributed by atoms with Crippen molar-refractivity contribution in [1.82, 2.24) is 9.55 Å². The Labute approximate surface area is 137 Å². The molecule has 1 atom stereocenters. The van der Waals surface area contributed by atoms with Crippen LogP contribution in [0.15, 0.2) is 9.95 Å². The summed E-state index contributed by atoms with van der Waals surface area (Å²) in [4.78, 5) is 20.2. The van der Waals surface area contributed by atoms with Gasteiger partial charge in [-0.15, -0.1) is 11.3 Å². The van der Waals surface area contributed by atoms with Crippen molar-refractivity contribution in [1.29, 1.82) is 0 Å². The Morgan fingerprint density at radius 2 is 2.23 bits per heavy atom. The minimum absolute atomic E-state index is 0.143. The van der Waals surface area contributed by atoms with Crippen molar-refractivity contribution in [2.24, 2.45) is 0 Å². The number of hydrogen-bond acceptors (Lipinski definition) is 5. The molecule has 0 saturated carbocycles. The molecule has 2 aliphatic rings. The molecule has 0 spiro atoms. The van der Waals surface area contributed by atoms with Crippen LogP contribution in [0, 0.1) is 0 Å². The van der Waals surface area contributed by atoms with Crippen molar-refractivity contribution in [3.63, 3.8) is 0 Å². The molecule has 3 heterocycles. The van der Waals surface area contributed by atoms with Crippen LogP contribution in [-0.4, -0.2) is 28.5 Å². The molecule has 1 fully saturated rings. The normalized spacial score (nSPS) is 21.4. The first-order valence-electron chi connectivity index (χ1n) is 7.98. The van der Waals surface area contributed by atoms with Crippen molar-refractivity contribution < 1.29 is 4.74 Å². The minimum Gasteiger partial charge on any atom is -0.376 e. The zero-order valence-electron chi connectivity index (χ0n) is 12.8. The standard InChI is InChI=1S/C16H20N2O2S2/c1-21-16-17-14-13(11-6-2-3-7-12(11)22-14)15(19)18(16)9-10-5-4-8-20-10/h10H,2-9H2,1H3/t10-/m1/s1. The third-order valence-electron chi connectivity index (χ3n) is 4.63. The van der Waals surface area contributed by atoms with Crippen molar-refractivity contribution in [3.05, 3.63) is 20.8 Å². The third-order valence-corrected chi connectivity index (χ3v) is 6.50. The lowest BCUT2D eigenvalue weighted by Gasteiger charge is -2.15. The summed E-state index contributed by atoms with van der Waals surface area (Å²) in [6.07, 6.45) is 8.86. The van der Waals surface area contributed by atoms with E-state index in [0.29, 0.717) is 6.54 Å². The molecule has 118 valence electrons. The Hall–Kier alpha value is -0.850. The fourth-order valence-electron chi connectivity index (χ4n) is 3.53. The number of thioether (sulfide) groups is 1. The molecule has 6 heteroatoms. The van der Waals surface area contributed by atoms with Gasteiger partial charge in [0.1, 0.15) is 4.83 Å². The number of rotatable bonds is 3. The van der Waals surface area contributed by atoms with Crippen LogP contribution in [0.4, 0.5) is 0 Å². The number of aromatic nitrogens is 2. The van der Waals surface area contributed by atoms with Gasteiger partial charge in [-0.25, -0.2) is 4.98 Å².